The van der Waals surface area contributed by atoms with E-state index in [1.165, 1.54) is 21.0 Å². The van der Waals surface area contributed by atoms with Gasteiger partial charge >= 0.3 is 0 Å². The number of hydrogen-bond donors (Lipinski definition) is 4. The average molecular weight is 511 g/mol. The van der Waals surface area contributed by atoms with Gasteiger partial charge in [0.25, 0.3) is 5.92 Å². The fourth-order valence-corrected chi connectivity index (χ4v) is 4.37. The van der Waals surface area contributed by atoms with E-state index in [-0.39, 0.29) is 29.1 Å². The number of hydrogen-bond acceptors (Lipinski definition) is 7. The molecule has 3 aromatic rings. The van der Waals surface area contributed by atoms with E-state index in [9.17, 15) is 18.4 Å². The van der Waals surface area contributed by atoms with E-state index in [4.69, 9.17) is 4.74 Å². The number of carbonyl (C=O) groups excluding carboxylic acids is 2. The van der Waals surface area contributed by atoms with Crippen LogP contribution in [0.1, 0.15) is 43.5 Å². The first-order valence-electron chi connectivity index (χ1n) is 11.6. The van der Waals surface area contributed by atoms with E-state index in [1.54, 1.807) is 18.2 Å². The van der Waals surface area contributed by atoms with Crippen LogP contribution < -0.4 is 26.0 Å². The average Bonchev–Trinajstić information content (AvgIpc) is 3.15. The molecule has 0 saturated heterocycles. The molecule has 9 nitrogen and oxygen atoms in total. The lowest BCUT2D eigenvalue weighted by Gasteiger charge is -2.25. The van der Waals surface area contributed by atoms with Gasteiger partial charge in [-0.3, -0.25) is 9.59 Å². The highest BCUT2D eigenvalue weighted by atomic mass is 19.3. The minimum Gasteiger partial charge on any atom is -0.494 e. The number of anilines is 4. The number of nitrogens with zero attached hydrogens (tertiary/aromatic N) is 2. The number of fused-ring (bicyclic) bond motifs is 1. The van der Waals surface area contributed by atoms with Crippen LogP contribution in [0.5, 0.6) is 5.75 Å². The van der Waals surface area contributed by atoms with Crippen LogP contribution in [-0.4, -0.2) is 34.9 Å². The second kappa shape index (κ2) is 10.4. The first kappa shape index (κ1) is 25.8. The maximum Gasteiger partial charge on any atom is 0.275 e. The molecule has 1 aliphatic rings. The molecule has 2 atom stereocenters. The highest BCUT2D eigenvalue weighted by Crippen LogP contribution is 2.38. The standard InChI is InChI=1S/C26H28F2N6O3/c1-14(35)30-17-9-10-20(22(12-17)37-4)33-25-29-13-19(26(3,27)28)24(34-25)32-21-11-16-7-5-6-8-18(16)23(21)31-15(2)36/h5-10,12-13,21,23H,11H2,1-4H3,(H,30,35)(H,31,36)(H2,29,32,33,34). The van der Waals surface area contributed by atoms with Crippen LogP contribution in [0, 0.1) is 0 Å². The van der Waals surface area contributed by atoms with Gasteiger partial charge in [-0.25, -0.2) is 13.8 Å². The number of nitrogens with one attached hydrogen (secondary N) is 4. The second-order valence-electron chi connectivity index (χ2n) is 8.90. The highest BCUT2D eigenvalue weighted by molar-refractivity contribution is 5.89. The van der Waals surface area contributed by atoms with Crippen molar-refractivity contribution in [1.82, 2.24) is 15.3 Å². The number of aromatic nitrogens is 2. The monoisotopic (exact) mass is 510 g/mol. The maximum absolute atomic E-state index is 14.5. The van der Waals surface area contributed by atoms with Crippen molar-refractivity contribution in [2.75, 3.05) is 23.1 Å². The largest absolute Gasteiger partial charge is 0.494 e. The topological polar surface area (TPSA) is 117 Å². The zero-order chi connectivity index (χ0) is 26.7. The lowest BCUT2D eigenvalue weighted by molar-refractivity contribution is -0.119. The Balaban J connectivity index is 1.66. The van der Waals surface area contributed by atoms with E-state index >= 15 is 0 Å². The molecule has 11 heteroatoms. The van der Waals surface area contributed by atoms with Crippen molar-refractivity contribution in [2.45, 2.75) is 45.2 Å². The van der Waals surface area contributed by atoms with Crippen LogP contribution in [0.2, 0.25) is 0 Å². The van der Waals surface area contributed by atoms with E-state index in [2.05, 4.69) is 31.2 Å². The van der Waals surface area contributed by atoms with Crippen molar-refractivity contribution in [2.24, 2.45) is 0 Å². The molecule has 4 rings (SSSR count). The highest BCUT2D eigenvalue weighted by Gasteiger charge is 2.36. The van der Waals surface area contributed by atoms with E-state index in [0.29, 0.717) is 23.5 Å². The third-order valence-electron chi connectivity index (χ3n) is 5.94. The van der Waals surface area contributed by atoms with Gasteiger partial charge in [-0.1, -0.05) is 24.3 Å². The van der Waals surface area contributed by atoms with Gasteiger partial charge in [0.2, 0.25) is 17.8 Å². The molecule has 37 heavy (non-hydrogen) atoms. The number of alkyl halides is 2. The first-order valence-corrected chi connectivity index (χ1v) is 11.6. The lowest BCUT2D eigenvalue weighted by atomic mass is 10.1. The zero-order valence-corrected chi connectivity index (χ0v) is 20.9. The Labute approximate surface area is 213 Å². The Hall–Kier alpha value is -4.28. The van der Waals surface area contributed by atoms with Gasteiger partial charge in [-0.2, -0.15) is 4.98 Å². The molecule has 4 N–H and O–H groups in total. The molecule has 2 amide bonds. The summed E-state index contributed by atoms with van der Waals surface area (Å²) in [6.45, 7) is 3.59. The van der Waals surface area contributed by atoms with Gasteiger partial charge in [-0.15, -0.1) is 0 Å². The van der Waals surface area contributed by atoms with E-state index in [0.717, 1.165) is 24.2 Å². The fourth-order valence-electron chi connectivity index (χ4n) is 4.37. The molecular formula is C26H28F2N6O3. The van der Waals surface area contributed by atoms with Crippen molar-refractivity contribution in [3.63, 3.8) is 0 Å². The predicted molar refractivity (Wildman–Crippen MR) is 136 cm³/mol. The van der Waals surface area contributed by atoms with Gasteiger partial charge in [0.1, 0.15) is 11.6 Å². The van der Waals surface area contributed by atoms with Gasteiger partial charge in [0.05, 0.1) is 30.4 Å². The summed E-state index contributed by atoms with van der Waals surface area (Å²) in [5.41, 5.74) is 2.58. The Morgan fingerprint density at radius 2 is 1.86 bits per heavy atom. The summed E-state index contributed by atoms with van der Waals surface area (Å²) in [5.74, 6) is -3.27. The molecule has 2 unspecified atom stereocenters. The summed E-state index contributed by atoms with van der Waals surface area (Å²) < 4.78 is 34.4. The van der Waals surface area contributed by atoms with Crippen LogP contribution in [0.25, 0.3) is 0 Å². The Morgan fingerprint density at radius 1 is 1.11 bits per heavy atom. The minimum atomic E-state index is -3.21. The van der Waals surface area contributed by atoms with Crippen molar-refractivity contribution >= 4 is 35.0 Å². The second-order valence-corrected chi connectivity index (χ2v) is 8.90. The minimum absolute atomic E-state index is 0.0491. The summed E-state index contributed by atoms with van der Waals surface area (Å²) in [6, 6.07) is 11.7. The molecular weight excluding hydrogens is 482 g/mol. The summed E-state index contributed by atoms with van der Waals surface area (Å²) >= 11 is 0. The molecule has 0 radical (unpaired) electrons. The summed E-state index contributed by atoms with van der Waals surface area (Å²) in [7, 11) is 1.46. The first-order chi connectivity index (χ1) is 17.5. The molecule has 0 aliphatic heterocycles. The number of halogens is 2. The quantitative estimate of drug-likeness (QED) is 0.352. The van der Waals surface area contributed by atoms with Gasteiger partial charge in [-0.05, 0) is 29.7 Å². The molecule has 0 fully saturated rings. The summed E-state index contributed by atoms with van der Waals surface area (Å²) in [6.07, 6.45) is 1.59. The molecule has 0 bridgehead atoms. The number of benzene rings is 2. The number of carbonyl (C=O) groups is 2. The molecule has 2 aromatic carbocycles. The third-order valence-corrected chi connectivity index (χ3v) is 5.94. The molecule has 194 valence electrons. The lowest BCUT2D eigenvalue weighted by Crippen LogP contribution is -2.37. The molecule has 1 aromatic heterocycles. The number of rotatable bonds is 8. The van der Waals surface area contributed by atoms with Crippen LogP contribution in [0.4, 0.5) is 31.9 Å². The van der Waals surface area contributed by atoms with E-state index < -0.39 is 18.0 Å². The molecule has 1 aliphatic carbocycles. The number of ether oxygens (including phenoxy) is 1. The van der Waals surface area contributed by atoms with Gasteiger partial charge < -0.3 is 26.0 Å². The van der Waals surface area contributed by atoms with Crippen molar-refractivity contribution in [1.29, 1.82) is 0 Å². The summed E-state index contributed by atoms with van der Waals surface area (Å²) in [4.78, 5) is 31.7. The Bertz CT molecular complexity index is 1330. The number of amides is 2. The van der Waals surface area contributed by atoms with Crippen molar-refractivity contribution < 1.29 is 23.1 Å². The Kier molecular flexibility index (Phi) is 7.23. The maximum atomic E-state index is 14.5. The van der Waals surface area contributed by atoms with Crippen LogP contribution >= 0.6 is 0 Å². The van der Waals surface area contributed by atoms with Crippen LogP contribution in [-0.2, 0) is 21.9 Å². The predicted octanol–water partition coefficient (Wildman–Crippen LogP) is 4.51. The van der Waals surface area contributed by atoms with Crippen molar-refractivity contribution in [3.8, 4) is 5.75 Å². The molecule has 1 heterocycles. The Morgan fingerprint density at radius 3 is 2.54 bits per heavy atom. The number of methoxy groups -OCH3 is 1. The molecule has 0 saturated carbocycles. The SMILES string of the molecule is COc1cc(NC(C)=O)ccc1Nc1ncc(C(C)(F)F)c(NC2Cc3ccccc3C2NC(C)=O)n1. The fraction of sp³-hybridized carbons (Fsp3) is 0.308. The van der Waals surface area contributed by atoms with E-state index in [1.807, 2.05) is 24.3 Å². The van der Waals surface area contributed by atoms with Gasteiger partial charge in [0, 0.05) is 38.7 Å². The van der Waals surface area contributed by atoms with Crippen molar-refractivity contribution in [3.05, 3.63) is 65.4 Å². The molecule has 0 spiro atoms. The van der Waals surface area contributed by atoms with Gasteiger partial charge in [0.15, 0.2) is 0 Å². The third kappa shape index (κ3) is 5.93. The van der Waals surface area contributed by atoms with Crippen LogP contribution in [0.3, 0.4) is 0 Å². The zero-order valence-electron chi connectivity index (χ0n) is 20.9. The van der Waals surface area contributed by atoms with Crippen LogP contribution in [0.15, 0.2) is 48.7 Å². The smallest absolute Gasteiger partial charge is 0.275 e. The normalized spacial score (nSPS) is 16.5. The summed E-state index contributed by atoms with van der Waals surface area (Å²) in [5, 5.41) is 11.7.